The number of benzene rings is 1. The summed E-state index contributed by atoms with van der Waals surface area (Å²) in [5.41, 5.74) is 0.766. The van der Waals surface area contributed by atoms with Gasteiger partial charge in [-0.25, -0.2) is 0 Å². The van der Waals surface area contributed by atoms with Crippen LogP contribution in [-0.2, 0) is 20.8 Å². The molecule has 3 rings (SSSR count). The van der Waals surface area contributed by atoms with Crippen LogP contribution in [-0.4, -0.2) is 59.2 Å². The molecule has 3 amide bonds. The molecule has 0 aliphatic carbocycles. The first-order valence-electron chi connectivity index (χ1n) is 9.25. The number of nitrogens with zero attached hydrogens (tertiary/aromatic N) is 2. The Kier molecular flexibility index (Phi) is 5.30. The second kappa shape index (κ2) is 7.48. The highest BCUT2D eigenvalue weighted by Gasteiger charge is 2.51. The SMILES string of the molecule is CC(=O)N[C@@]12CCN(C(=O)CCc3ccccc3)C[C@@H]1CN(C(C)=O)C2. The average molecular weight is 357 g/mol. The van der Waals surface area contributed by atoms with Crippen molar-refractivity contribution >= 4 is 17.7 Å². The summed E-state index contributed by atoms with van der Waals surface area (Å²) < 4.78 is 0. The largest absolute Gasteiger partial charge is 0.349 e. The van der Waals surface area contributed by atoms with E-state index in [-0.39, 0.29) is 23.6 Å². The fraction of sp³-hybridized carbons (Fsp3) is 0.550. The summed E-state index contributed by atoms with van der Waals surface area (Å²) in [6.45, 7) is 5.42. The van der Waals surface area contributed by atoms with Crippen molar-refractivity contribution in [3.63, 3.8) is 0 Å². The van der Waals surface area contributed by atoms with Crippen LogP contribution in [0.2, 0.25) is 0 Å². The predicted octanol–water partition coefficient (Wildman–Crippen LogP) is 1.20. The first-order valence-corrected chi connectivity index (χ1v) is 9.25. The molecule has 0 radical (unpaired) electrons. The smallest absolute Gasteiger partial charge is 0.222 e. The fourth-order valence-corrected chi connectivity index (χ4v) is 4.26. The van der Waals surface area contributed by atoms with Crippen LogP contribution in [0.4, 0.5) is 0 Å². The zero-order chi connectivity index (χ0) is 18.7. The Morgan fingerprint density at radius 2 is 1.81 bits per heavy atom. The van der Waals surface area contributed by atoms with Gasteiger partial charge in [-0.2, -0.15) is 0 Å². The number of fused-ring (bicyclic) bond motifs is 1. The molecule has 0 unspecified atom stereocenters. The Bertz CT molecular complexity index is 691. The van der Waals surface area contributed by atoms with Gasteiger partial charge >= 0.3 is 0 Å². The Morgan fingerprint density at radius 3 is 2.46 bits per heavy atom. The van der Waals surface area contributed by atoms with E-state index < -0.39 is 5.54 Å². The van der Waals surface area contributed by atoms with E-state index >= 15 is 0 Å². The van der Waals surface area contributed by atoms with Gasteiger partial charge in [-0.3, -0.25) is 14.4 Å². The highest BCUT2D eigenvalue weighted by molar-refractivity contribution is 5.78. The summed E-state index contributed by atoms with van der Waals surface area (Å²) in [5.74, 6) is 0.173. The van der Waals surface area contributed by atoms with Gasteiger partial charge in [-0.05, 0) is 18.4 Å². The summed E-state index contributed by atoms with van der Waals surface area (Å²) in [5, 5.41) is 3.09. The van der Waals surface area contributed by atoms with Crippen LogP contribution >= 0.6 is 0 Å². The minimum Gasteiger partial charge on any atom is -0.349 e. The van der Waals surface area contributed by atoms with Crippen molar-refractivity contribution in [3.05, 3.63) is 35.9 Å². The molecule has 0 spiro atoms. The third-order valence-corrected chi connectivity index (χ3v) is 5.66. The maximum absolute atomic E-state index is 12.7. The van der Waals surface area contributed by atoms with Crippen molar-refractivity contribution in [1.82, 2.24) is 15.1 Å². The van der Waals surface area contributed by atoms with Crippen LogP contribution in [0.5, 0.6) is 0 Å². The molecule has 2 heterocycles. The van der Waals surface area contributed by atoms with E-state index in [1.165, 1.54) is 6.92 Å². The number of aryl methyl sites for hydroxylation is 1. The van der Waals surface area contributed by atoms with Crippen LogP contribution in [0.3, 0.4) is 0 Å². The van der Waals surface area contributed by atoms with Crippen molar-refractivity contribution in [1.29, 1.82) is 0 Å². The molecule has 2 fully saturated rings. The number of likely N-dealkylation sites (tertiary alicyclic amines) is 2. The van der Waals surface area contributed by atoms with Crippen molar-refractivity contribution in [2.24, 2.45) is 5.92 Å². The first kappa shape index (κ1) is 18.4. The first-order chi connectivity index (χ1) is 12.4. The second-order valence-electron chi connectivity index (χ2n) is 7.51. The van der Waals surface area contributed by atoms with Crippen molar-refractivity contribution in [2.75, 3.05) is 26.2 Å². The fourth-order valence-electron chi connectivity index (χ4n) is 4.26. The molecule has 2 atom stereocenters. The van der Waals surface area contributed by atoms with Crippen molar-refractivity contribution < 1.29 is 14.4 Å². The maximum Gasteiger partial charge on any atom is 0.222 e. The van der Waals surface area contributed by atoms with Crippen molar-refractivity contribution in [2.45, 2.75) is 38.6 Å². The topological polar surface area (TPSA) is 69.7 Å². The van der Waals surface area contributed by atoms with Crippen LogP contribution in [0, 0.1) is 5.92 Å². The van der Waals surface area contributed by atoms with Gasteiger partial charge in [0.25, 0.3) is 0 Å². The Labute approximate surface area is 154 Å². The predicted molar refractivity (Wildman–Crippen MR) is 98.3 cm³/mol. The molecule has 1 aromatic rings. The zero-order valence-corrected chi connectivity index (χ0v) is 15.5. The zero-order valence-electron chi connectivity index (χ0n) is 15.5. The van der Waals surface area contributed by atoms with E-state index in [0.717, 1.165) is 12.0 Å². The van der Waals surface area contributed by atoms with Crippen LogP contribution in [0.15, 0.2) is 30.3 Å². The number of carbonyl (C=O) groups excluding carboxylic acids is 3. The van der Waals surface area contributed by atoms with Gasteiger partial charge in [-0.15, -0.1) is 0 Å². The van der Waals surface area contributed by atoms with E-state index in [1.807, 2.05) is 35.2 Å². The lowest BCUT2D eigenvalue weighted by atomic mass is 9.80. The molecule has 6 heteroatoms. The Balaban J connectivity index is 1.64. The summed E-state index contributed by atoms with van der Waals surface area (Å²) in [4.78, 5) is 39.9. The van der Waals surface area contributed by atoms with Crippen LogP contribution in [0.25, 0.3) is 0 Å². The number of nitrogens with one attached hydrogen (secondary N) is 1. The standard InChI is InChI=1S/C20H27N3O3/c1-15(24)21-20-10-11-22(12-18(20)13-23(14-20)16(2)25)19(26)9-8-17-6-4-3-5-7-17/h3-7,18H,8-14H2,1-2H3,(H,21,24)/t18-,20-/m1/s1. The van der Waals surface area contributed by atoms with Crippen LogP contribution < -0.4 is 5.32 Å². The molecule has 1 aromatic carbocycles. The highest BCUT2D eigenvalue weighted by atomic mass is 16.2. The molecule has 6 nitrogen and oxygen atoms in total. The molecular formula is C20H27N3O3. The Morgan fingerprint density at radius 1 is 1.12 bits per heavy atom. The van der Waals surface area contributed by atoms with Gasteiger partial charge < -0.3 is 15.1 Å². The molecular weight excluding hydrogens is 330 g/mol. The molecule has 0 aromatic heterocycles. The minimum absolute atomic E-state index is 0.0195. The number of hydrogen-bond acceptors (Lipinski definition) is 3. The summed E-state index contributed by atoms with van der Waals surface area (Å²) >= 11 is 0. The molecule has 140 valence electrons. The van der Waals surface area contributed by atoms with E-state index in [2.05, 4.69) is 5.32 Å². The third-order valence-electron chi connectivity index (χ3n) is 5.66. The monoisotopic (exact) mass is 357 g/mol. The van der Waals surface area contributed by atoms with E-state index in [4.69, 9.17) is 0 Å². The molecule has 1 N–H and O–H groups in total. The van der Waals surface area contributed by atoms with Gasteiger partial charge in [0.1, 0.15) is 0 Å². The summed E-state index contributed by atoms with van der Waals surface area (Å²) in [6.07, 6.45) is 1.91. The lowest BCUT2D eigenvalue weighted by Gasteiger charge is -2.43. The van der Waals surface area contributed by atoms with Gasteiger partial charge in [-0.1, -0.05) is 30.3 Å². The molecule has 0 saturated carbocycles. The van der Waals surface area contributed by atoms with Gasteiger partial charge in [0.15, 0.2) is 0 Å². The average Bonchev–Trinajstić information content (AvgIpc) is 2.98. The van der Waals surface area contributed by atoms with E-state index in [0.29, 0.717) is 39.0 Å². The lowest BCUT2D eigenvalue weighted by Crippen LogP contribution is -2.61. The number of amides is 3. The number of rotatable bonds is 4. The Hall–Kier alpha value is -2.37. The summed E-state index contributed by atoms with van der Waals surface area (Å²) in [6, 6.07) is 10.0. The molecule has 2 aliphatic heterocycles. The molecule has 0 bridgehead atoms. The van der Waals surface area contributed by atoms with E-state index in [9.17, 15) is 14.4 Å². The van der Waals surface area contributed by atoms with Crippen LogP contribution in [0.1, 0.15) is 32.3 Å². The van der Waals surface area contributed by atoms with Gasteiger partial charge in [0.05, 0.1) is 5.54 Å². The summed E-state index contributed by atoms with van der Waals surface area (Å²) in [7, 11) is 0. The molecule has 2 aliphatic rings. The van der Waals surface area contributed by atoms with Gasteiger partial charge in [0.2, 0.25) is 17.7 Å². The number of hydrogen-bond donors (Lipinski definition) is 1. The number of carbonyl (C=O) groups is 3. The number of piperidine rings is 1. The van der Waals surface area contributed by atoms with Crippen molar-refractivity contribution in [3.8, 4) is 0 Å². The highest BCUT2D eigenvalue weighted by Crippen LogP contribution is 2.35. The molecule has 2 saturated heterocycles. The normalized spacial score (nSPS) is 24.9. The maximum atomic E-state index is 12.7. The molecule has 26 heavy (non-hydrogen) atoms. The lowest BCUT2D eigenvalue weighted by molar-refractivity contribution is -0.134. The minimum atomic E-state index is -0.395. The second-order valence-corrected chi connectivity index (χ2v) is 7.51. The van der Waals surface area contributed by atoms with E-state index in [1.54, 1.807) is 11.8 Å². The third kappa shape index (κ3) is 3.89. The quantitative estimate of drug-likeness (QED) is 0.880. The van der Waals surface area contributed by atoms with Gasteiger partial charge in [0, 0.05) is 52.4 Å².